The highest BCUT2D eigenvalue weighted by Gasteiger charge is 2.66. The summed E-state index contributed by atoms with van der Waals surface area (Å²) in [7, 11) is 1.39. The van der Waals surface area contributed by atoms with Gasteiger partial charge < -0.3 is 4.74 Å². The zero-order valence-corrected chi connectivity index (χ0v) is 16.1. The molecule has 1 fully saturated rings. The molecule has 2 aromatic carbocycles. The lowest BCUT2D eigenvalue weighted by molar-refractivity contribution is -0.384. The molecule has 2 atom stereocenters. The minimum atomic E-state index is -0.794. The van der Waals surface area contributed by atoms with E-state index in [0.717, 1.165) is 22.3 Å². The maximum absolute atomic E-state index is 12.9. The van der Waals surface area contributed by atoms with Crippen molar-refractivity contribution in [2.75, 3.05) is 7.11 Å². The Kier molecular flexibility index (Phi) is 5.07. The van der Waals surface area contributed by atoms with Gasteiger partial charge in [-0.05, 0) is 49.1 Å². The van der Waals surface area contributed by atoms with Gasteiger partial charge in [0.1, 0.15) is 5.41 Å². The van der Waals surface area contributed by atoms with Crippen LogP contribution in [-0.4, -0.2) is 18.0 Å². The number of halogens is 1. The van der Waals surface area contributed by atoms with Crippen LogP contribution in [0.1, 0.15) is 30.9 Å². The van der Waals surface area contributed by atoms with Crippen LogP contribution in [0.3, 0.4) is 0 Å². The second-order valence-corrected chi connectivity index (χ2v) is 7.40. The van der Waals surface area contributed by atoms with E-state index in [9.17, 15) is 14.9 Å². The number of nitro groups is 1. The van der Waals surface area contributed by atoms with Gasteiger partial charge in [-0.25, -0.2) is 0 Å². The van der Waals surface area contributed by atoms with E-state index in [-0.39, 0.29) is 17.6 Å². The number of carbonyl (C=O) groups is 1. The van der Waals surface area contributed by atoms with E-state index in [1.54, 1.807) is 12.1 Å². The molecule has 0 bridgehead atoms. The zero-order valence-electron chi connectivity index (χ0n) is 15.4. The van der Waals surface area contributed by atoms with Crippen molar-refractivity contribution in [1.82, 2.24) is 0 Å². The molecule has 0 aromatic heterocycles. The van der Waals surface area contributed by atoms with E-state index in [0.29, 0.717) is 11.4 Å². The Morgan fingerprint density at radius 1 is 1.15 bits per heavy atom. The molecule has 0 saturated heterocycles. The molecule has 1 aliphatic rings. The molecule has 6 heteroatoms. The van der Waals surface area contributed by atoms with Crippen LogP contribution >= 0.6 is 11.6 Å². The first-order valence-electron chi connectivity index (χ1n) is 8.56. The largest absolute Gasteiger partial charge is 0.468 e. The summed E-state index contributed by atoms with van der Waals surface area (Å²) < 4.78 is 5.16. The molecule has 2 aromatic rings. The molecule has 27 heavy (non-hydrogen) atoms. The average molecular weight is 386 g/mol. The van der Waals surface area contributed by atoms with Gasteiger partial charge in [-0.15, -0.1) is 0 Å². The van der Waals surface area contributed by atoms with Crippen LogP contribution in [0.15, 0.2) is 59.7 Å². The normalized spacial score (nSPS) is 20.9. The molecule has 0 aliphatic heterocycles. The number of nitrogens with zero attached hydrogens (tertiary/aromatic N) is 1. The summed E-state index contributed by atoms with van der Waals surface area (Å²) in [5, 5.41) is 11.5. The maximum atomic E-state index is 12.9. The lowest BCUT2D eigenvalue weighted by Crippen LogP contribution is -2.23. The fourth-order valence-electron chi connectivity index (χ4n) is 3.95. The van der Waals surface area contributed by atoms with Crippen LogP contribution in [0.4, 0.5) is 5.69 Å². The van der Waals surface area contributed by atoms with Crippen LogP contribution < -0.4 is 0 Å². The number of esters is 1. The van der Waals surface area contributed by atoms with E-state index in [2.05, 4.69) is 0 Å². The molecule has 0 spiro atoms. The van der Waals surface area contributed by atoms with Gasteiger partial charge in [0.2, 0.25) is 0 Å². The number of carbonyl (C=O) groups excluding carboxylic acids is 1. The summed E-state index contributed by atoms with van der Waals surface area (Å²) in [5.41, 5.74) is 3.19. The molecule has 0 unspecified atom stereocenters. The van der Waals surface area contributed by atoms with E-state index < -0.39 is 10.3 Å². The van der Waals surface area contributed by atoms with Crippen molar-refractivity contribution in [3.8, 4) is 0 Å². The summed E-state index contributed by atoms with van der Waals surface area (Å²) in [6.07, 6.45) is 0.422. The Balaban J connectivity index is 2.04. The van der Waals surface area contributed by atoms with Gasteiger partial charge in [0, 0.05) is 23.1 Å². The van der Waals surface area contributed by atoms with Crippen molar-refractivity contribution in [2.45, 2.75) is 26.2 Å². The monoisotopic (exact) mass is 385 g/mol. The third-order valence-corrected chi connectivity index (χ3v) is 5.35. The van der Waals surface area contributed by atoms with Crippen molar-refractivity contribution >= 4 is 23.3 Å². The number of hydrogen-bond acceptors (Lipinski definition) is 4. The Bertz CT molecular complexity index is 914. The van der Waals surface area contributed by atoms with Crippen molar-refractivity contribution in [1.29, 1.82) is 0 Å². The average Bonchev–Trinajstić information content (AvgIpc) is 3.32. The SMILES string of the molecule is COC(=O)[C@]1(Cc2ccc([N+](=O)[O-])cc2)C(=C(C)C)[C@H]1c1ccc(Cl)cc1. The number of methoxy groups -OCH3 is 1. The van der Waals surface area contributed by atoms with Crippen LogP contribution in [0.25, 0.3) is 0 Å². The van der Waals surface area contributed by atoms with Crippen LogP contribution in [0, 0.1) is 15.5 Å². The lowest BCUT2D eigenvalue weighted by Gasteiger charge is -2.15. The van der Waals surface area contributed by atoms with Crippen LogP contribution in [-0.2, 0) is 16.0 Å². The number of nitro benzene ring substituents is 1. The molecule has 1 aliphatic carbocycles. The molecule has 140 valence electrons. The van der Waals surface area contributed by atoms with Crippen molar-refractivity contribution in [3.63, 3.8) is 0 Å². The second kappa shape index (κ2) is 7.16. The van der Waals surface area contributed by atoms with Crippen LogP contribution in [0.5, 0.6) is 0 Å². The fourth-order valence-corrected chi connectivity index (χ4v) is 4.08. The number of benzene rings is 2. The fraction of sp³-hybridized carbons (Fsp3) is 0.286. The van der Waals surface area contributed by atoms with Crippen molar-refractivity contribution in [2.24, 2.45) is 5.41 Å². The first kappa shape index (κ1) is 19.1. The minimum Gasteiger partial charge on any atom is -0.468 e. The highest BCUT2D eigenvalue weighted by atomic mass is 35.5. The van der Waals surface area contributed by atoms with Gasteiger partial charge in [0.25, 0.3) is 5.69 Å². The highest BCUT2D eigenvalue weighted by Crippen LogP contribution is 2.68. The Hall–Kier alpha value is -2.66. The van der Waals surface area contributed by atoms with Crippen LogP contribution in [0.2, 0.25) is 5.02 Å². The molecule has 0 amide bonds. The molecular formula is C21H20ClNO4. The predicted octanol–water partition coefficient (Wildman–Crippen LogP) is 5.08. The third-order valence-electron chi connectivity index (χ3n) is 5.10. The van der Waals surface area contributed by atoms with Gasteiger partial charge in [-0.3, -0.25) is 14.9 Å². The Morgan fingerprint density at radius 3 is 2.22 bits per heavy atom. The number of non-ortho nitro benzene ring substituents is 1. The summed E-state index contributed by atoms with van der Waals surface area (Å²) in [5.74, 6) is -0.389. The van der Waals surface area contributed by atoms with E-state index in [1.807, 2.05) is 38.1 Å². The summed E-state index contributed by atoms with van der Waals surface area (Å²) in [4.78, 5) is 23.3. The van der Waals surface area contributed by atoms with E-state index in [1.165, 1.54) is 19.2 Å². The predicted molar refractivity (Wildman–Crippen MR) is 104 cm³/mol. The highest BCUT2D eigenvalue weighted by molar-refractivity contribution is 6.30. The number of ether oxygens (including phenoxy) is 1. The second-order valence-electron chi connectivity index (χ2n) is 6.96. The molecule has 0 radical (unpaired) electrons. The quantitative estimate of drug-likeness (QED) is 0.311. The number of allylic oxidation sites excluding steroid dienone is 1. The molecule has 3 rings (SSSR count). The molecular weight excluding hydrogens is 366 g/mol. The smallest absolute Gasteiger partial charge is 0.317 e. The molecule has 1 saturated carbocycles. The lowest BCUT2D eigenvalue weighted by atomic mass is 9.90. The first-order chi connectivity index (χ1) is 12.8. The third kappa shape index (κ3) is 3.35. The topological polar surface area (TPSA) is 69.4 Å². The maximum Gasteiger partial charge on any atom is 0.317 e. The van der Waals surface area contributed by atoms with Crippen molar-refractivity contribution < 1.29 is 14.5 Å². The van der Waals surface area contributed by atoms with Gasteiger partial charge in [-0.2, -0.15) is 0 Å². The summed E-state index contributed by atoms with van der Waals surface area (Å²) in [6, 6.07) is 13.8. The molecule has 5 nitrogen and oxygen atoms in total. The van der Waals surface area contributed by atoms with Gasteiger partial charge in [0.05, 0.1) is 12.0 Å². The van der Waals surface area contributed by atoms with E-state index >= 15 is 0 Å². The van der Waals surface area contributed by atoms with E-state index in [4.69, 9.17) is 16.3 Å². The minimum absolute atomic E-state index is 0.0263. The first-order valence-corrected chi connectivity index (χ1v) is 8.94. The van der Waals surface area contributed by atoms with Gasteiger partial charge in [0.15, 0.2) is 0 Å². The molecule has 0 heterocycles. The Labute approximate surface area is 162 Å². The molecule has 0 N–H and O–H groups in total. The van der Waals surface area contributed by atoms with Gasteiger partial charge in [-0.1, -0.05) is 41.4 Å². The van der Waals surface area contributed by atoms with Gasteiger partial charge >= 0.3 is 5.97 Å². The summed E-state index contributed by atoms with van der Waals surface area (Å²) >= 11 is 6.01. The Morgan fingerprint density at radius 2 is 1.74 bits per heavy atom. The summed E-state index contributed by atoms with van der Waals surface area (Å²) in [6.45, 7) is 3.97. The number of hydrogen-bond donors (Lipinski definition) is 0. The number of rotatable bonds is 5. The van der Waals surface area contributed by atoms with Crippen molar-refractivity contribution in [3.05, 3.63) is 85.9 Å². The zero-order chi connectivity index (χ0) is 19.8. The standard InChI is InChI=1S/C21H20ClNO4/c1-13(2)18-19(15-6-8-16(22)9-7-15)21(18,20(24)27-3)12-14-4-10-17(11-5-14)23(25)26/h4-11,19H,12H2,1-3H3/t19-,21-/m1/s1.